The Labute approximate surface area is 133 Å². The number of hydrogen-bond acceptors (Lipinski definition) is 2. The van der Waals surface area contributed by atoms with Gasteiger partial charge in [-0.15, -0.1) is 0 Å². The lowest BCUT2D eigenvalue weighted by molar-refractivity contribution is 0.480. The first-order valence-electron chi connectivity index (χ1n) is 7.10. The minimum Gasteiger partial charge on any atom is -0.211 e. The van der Waals surface area contributed by atoms with Gasteiger partial charge >= 0.3 is 0 Å². The van der Waals surface area contributed by atoms with E-state index in [-0.39, 0.29) is 5.41 Å². The molecule has 0 radical (unpaired) electrons. The summed E-state index contributed by atoms with van der Waals surface area (Å²) in [6.45, 7) is 0.532. The second-order valence-electron chi connectivity index (χ2n) is 5.74. The van der Waals surface area contributed by atoms with Crippen molar-refractivity contribution in [2.24, 2.45) is 5.41 Å². The number of halogens is 1. The van der Waals surface area contributed by atoms with Gasteiger partial charge in [0.25, 0.3) is 0 Å². The number of fused-ring (bicyclic) bond motifs is 1. The second kappa shape index (κ2) is 5.71. The molecule has 1 aliphatic rings. The Kier molecular flexibility index (Phi) is 4.08. The third-order valence-electron chi connectivity index (χ3n) is 4.26. The van der Waals surface area contributed by atoms with Crippen LogP contribution in [0.3, 0.4) is 0 Å². The molecule has 1 aliphatic carbocycles. The van der Waals surface area contributed by atoms with E-state index in [4.69, 9.17) is 0 Å². The minimum absolute atomic E-state index is 0.168. The Morgan fingerprint density at radius 3 is 2.52 bits per heavy atom. The highest BCUT2D eigenvalue weighted by atomic mass is 79.9. The highest BCUT2D eigenvalue weighted by Gasteiger charge is 2.42. The zero-order valence-electron chi connectivity index (χ0n) is 11.7. The van der Waals surface area contributed by atoms with Crippen molar-refractivity contribution in [1.82, 2.24) is 4.72 Å². The van der Waals surface area contributed by atoms with E-state index in [0.717, 1.165) is 35.4 Å². The summed E-state index contributed by atoms with van der Waals surface area (Å²) >= 11 is 3.45. The van der Waals surface area contributed by atoms with Crippen LogP contribution in [-0.4, -0.2) is 20.3 Å². The zero-order valence-corrected chi connectivity index (χ0v) is 14.1. The Hall–Kier alpha value is -0.910. The number of benzene rings is 2. The van der Waals surface area contributed by atoms with Crippen LogP contribution in [0, 0.1) is 5.41 Å². The van der Waals surface area contributed by atoms with Crippen LogP contribution in [0.25, 0.3) is 10.8 Å². The molecular weight excluding hydrogens is 350 g/mol. The van der Waals surface area contributed by atoms with Crippen LogP contribution >= 0.6 is 15.9 Å². The van der Waals surface area contributed by atoms with Gasteiger partial charge in [0.1, 0.15) is 0 Å². The van der Waals surface area contributed by atoms with Crippen LogP contribution in [0.4, 0.5) is 0 Å². The van der Waals surface area contributed by atoms with Crippen molar-refractivity contribution < 1.29 is 8.42 Å². The van der Waals surface area contributed by atoms with Crippen molar-refractivity contribution in [3.63, 3.8) is 0 Å². The third-order valence-corrected chi connectivity index (χ3v) is 6.11. The Bertz CT molecular complexity index is 748. The van der Waals surface area contributed by atoms with Gasteiger partial charge in [-0.25, -0.2) is 13.1 Å². The van der Waals surface area contributed by atoms with Gasteiger partial charge in [0, 0.05) is 17.3 Å². The van der Waals surface area contributed by atoms with Crippen molar-refractivity contribution in [2.75, 3.05) is 11.9 Å². The second-order valence-corrected chi connectivity index (χ2v) is 8.27. The SMILES string of the molecule is O=S(=O)(NCC1(CCBr)CC1)c1cccc2ccccc12. The number of rotatable bonds is 6. The molecule has 2 aromatic rings. The van der Waals surface area contributed by atoms with Crippen LogP contribution in [-0.2, 0) is 10.0 Å². The van der Waals surface area contributed by atoms with E-state index in [9.17, 15) is 8.42 Å². The predicted octanol–water partition coefficient (Wildman–Crippen LogP) is 3.68. The molecule has 3 rings (SSSR count). The van der Waals surface area contributed by atoms with Crippen molar-refractivity contribution in [2.45, 2.75) is 24.2 Å². The molecule has 1 N–H and O–H groups in total. The zero-order chi connectivity index (χ0) is 14.9. The summed E-state index contributed by atoms with van der Waals surface area (Å²) in [5, 5.41) is 2.64. The Morgan fingerprint density at radius 2 is 1.81 bits per heavy atom. The summed E-state index contributed by atoms with van der Waals surface area (Å²) in [5.74, 6) is 0. The van der Waals surface area contributed by atoms with Gasteiger partial charge in [0.2, 0.25) is 10.0 Å². The summed E-state index contributed by atoms with van der Waals surface area (Å²) in [6, 6.07) is 13.0. The summed E-state index contributed by atoms with van der Waals surface area (Å²) in [4.78, 5) is 0.371. The van der Waals surface area contributed by atoms with Crippen molar-refractivity contribution in [1.29, 1.82) is 0 Å². The molecule has 0 bridgehead atoms. The van der Waals surface area contributed by atoms with Gasteiger partial charge in [-0.3, -0.25) is 0 Å². The van der Waals surface area contributed by atoms with Crippen molar-refractivity contribution in [3.8, 4) is 0 Å². The van der Waals surface area contributed by atoms with Gasteiger partial charge in [-0.2, -0.15) is 0 Å². The molecule has 0 spiro atoms. The molecule has 0 unspecified atom stereocenters. The smallest absolute Gasteiger partial charge is 0.211 e. The third kappa shape index (κ3) is 3.15. The first kappa shape index (κ1) is 15.0. The van der Waals surface area contributed by atoms with Crippen LogP contribution < -0.4 is 4.72 Å². The van der Waals surface area contributed by atoms with Gasteiger partial charge in [-0.1, -0.05) is 52.3 Å². The maximum Gasteiger partial charge on any atom is 0.241 e. The van der Waals surface area contributed by atoms with E-state index in [1.54, 1.807) is 12.1 Å². The largest absolute Gasteiger partial charge is 0.241 e. The molecule has 1 fully saturated rings. The van der Waals surface area contributed by atoms with Crippen molar-refractivity contribution in [3.05, 3.63) is 42.5 Å². The van der Waals surface area contributed by atoms with Crippen LogP contribution in [0.2, 0.25) is 0 Å². The maximum absolute atomic E-state index is 12.6. The van der Waals surface area contributed by atoms with Crippen LogP contribution in [0.15, 0.2) is 47.4 Å². The van der Waals surface area contributed by atoms with Gasteiger partial charge in [-0.05, 0) is 36.1 Å². The summed E-state index contributed by atoms with van der Waals surface area (Å²) < 4.78 is 28.0. The lowest BCUT2D eigenvalue weighted by Crippen LogP contribution is -2.30. The monoisotopic (exact) mass is 367 g/mol. The Morgan fingerprint density at radius 1 is 1.10 bits per heavy atom. The lowest BCUT2D eigenvalue weighted by atomic mass is 10.1. The minimum atomic E-state index is -3.46. The molecule has 21 heavy (non-hydrogen) atoms. The molecule has 1 saturated carbocycles. The number of hydrogen-bond donors (Lipinski definition) is 1. The number of sulfonamides is 1. The number of alkyl halides is 1. The highest BCUT2D eigenvalue weighted by molar-refractivity contribution is 9.09. The quantitative estimate of drug-likeness (QED) is 0.791. The fourth-order valence-electron chi connectivity index (χ4n) is 2.65. The van der Waals surface area contributed by atoms with Gasteiger partial charge < -0.3 is 0 Å². The average Bonchev–Trinajstić information content (AvgIpc) is 3.25. The fraction of sp³-hybridized carbons (Fsp3) is 0.375. The molecule has 0 saturated heterocycles. The first-order valence-corrected chi connectivity index (χ1v) is 9.70. The highest BCUT2D eigenvalue weighted by Crippen LogP contribution is 2.48. The normalized spacial score (nSPS) is 17.0. The van der Waals surface area contributed by atoms with Gasteiger partial charge in [0.05, 0.1) is 4.90 Å². The van der Waals surface area contributed by atoms with E-state index in [1.165, 1.54) is 0 Å². The van der Waals surface area contributed by atoms with Crippen molar-refractivity contribution >= 4 is 36.7 Å². The van der Waals surface area contributed by atoms with Crippen LogP contribution in [0.5, 0.6) is 0 Å². The lowest BCUT2D eigenvalue weighted by Gasteiger charge is -2.15. The standard InChI is InChI=1S/C16H18BrNO2S/c17-11-10-16(8-9-16)12-18-21(19,20)15-7-3-5-13-4-1-2-6-14(13)15/h1-7,18H,8-12H2. The molecule has 0 aliphatic heterocycles. The molecule has 2 aromatic carbocycles. The molecule has 3 nitrogen and oxygen atoms in total. The average molecular weight is 368 g/mol. The Balaban J connectivity index is 1.87. The molecule has 112 valence electrons. The number of nitrogens with one attached hydrogen (secondary N) is 1. The van der Waals surface area contributed by atoms with E-state index in [1.807, 2.05) is 30.3 Å². The fourth-order valence-corrected chi connectivity index (χ4v) is 4.87. The summed E-state index contributed by atoms with van der Waals surface area (Å²) in [7, 11) is -3.46. The first-order chi connectivity index (χ1) is 10.1. The van der Waals surface area contributed by atoms with Gasteiger partial charge in [0.15, 0.2) is 0 Å². The molecular formula is C16H18BrNO2S. The maximum atomic E-state index is 12.6. The van der Waals surface area contributed by atoms with Crippen LogP contribution in [0.1, 0.15) is 19.3 Å². The van der Waals surface area contributed by atoms with E-state index in [2.05, 4.69) is 20.7 Å². The molecule has 0 amide bonds. The molecule has 0 aromatic heterocycles. The predicted molar refractivity (Wildman–Crippen MR) is 89.2 cm³/mol. The summed E-state index contributed by atoms with van der Waals surface area (Å²) in [6.07, 6.45) is 3.23. The summed E-state index contributed by atoms with van der Waals surface area (Å²) in [5.41, 5.74) is 0.168. The van der Waals surface area contributed by atoms with E-state index < -0.39 is 10.0 Å². The molecule has 5 heteroatoms. The van der Waals surface area contributed by atoms with E-state index in [0.29, 0.717) is 11.4 Å². The topological polar surface area (TPSA) is 46.2 Å². The van der Waals surface area contributed by atoms with E-state index >= 15 is 0 Å². The molecule has 0 atom stereocenters. The molecule has 0 heterocycles.